The minimum atomic E-state index is -0.607. The number of anilines is 3. The molecule has 0 aliphatic heterocycles. The quantitative estimate of drug-likeness (QED) is 0.155. The van der Waals surface area contributed by atoms with E-state index in [-0.39, 0.29) is 0 Å². The summed E-state index contributed by atoms with van der Waals surface area (Å²) >= 11 is 0. The lowest BCUT2D eigenvalue weighted by molar-refractivity contribution is 0.623. The number of nitrogens with zero attached hydrogens (tertiary/aromatic N) is 1. The molecule has 1 heteroatoms. The molecule has 296 valence electrons. The SMILES string of the molecule is c1ccc(-c2ccc(N(c3ccc4c(c3)C3(c5ccccc5-4)c4ccccc4C(c4ccccc4)(c4ccccc4)c4ccccc43)c3ccccc3-c3ccccc3)cc2)cc1. The molecule has 10 aromatic rings. The third-order valence-corrected chi connectivity index (χ3v) is 13.6. The third-order valence-electron chi connectivity index (χ3n) is 13.6. The van der Waals surface area contributed by atoms with Crippen LogP contribution in [0.2, 0.25) is 0 Å². The second kappa shape index (κ2) is 14.9. The molecule has 1 spiro atoms. The monoisotopic (exact) mass is 801 g/mol. The highest BCUT2D eigenvalue weighted by atomic mass is 15.1. The lowest BCUT2D eigenvalue weighted by Crippen LogP contribution is -2.44. The maximum atomic E-state index is 2.51. The van der Waals surface area contributed by atoms with Crippen molar-refractivity contribution in [2.75, 3.05) is 4.90 Å². The molecular weight excluding hydrogens is 759 g/mol. The first-order chi connectivity index (χ1) is 31.3. The van der Waals surface area contributed by atoms with Gasteiger partial charge in [0.1, 0.15) is 0 Å². The number of hydrogen-bond acceptors (Lipinski definition) is 1. The van der Waals surface area contributed by atoms with Crippen LogP contribution in [-0.2, 0) is 10.8 Å². The Balaban J connectivity index is 1.15. The van der Waals surface area contributed by atoms with E-state index in [4.69, 9.17) is 0 Å². The Kier molecular flexibility index (Phi) is 8.69. The molecule has 0 fully saturated rings. The summed E-state index contributed by atoms with van der Waals surface area (Å²) in [5, 5.41) is 0. The van der Waals surface area contributed by atoms with Crippen LogP contribution >= 0.6 is 0 Å². The van der Waals surface area contributed by atoms with Crippen LogP contribution < -0.4 is 4.90 Å². The van der Waals surface area contributed by atoms with Crippen molar-refractivity contribution in [3.8, 4) is 33.4 Å². The van der Waals surface area contributed by atoms with Crippen molar-refractivity contribution in [2.45, 2.75) is 10.8 Å². The summed E-state index contributed by atoms with van der Waals surface area (Å²) in [5.41, 5.74) is 19.8. The van der Waals surface area contributed by atoms with Gasteiger partial charge in [0.15, 0.2) is 0 Å². The van der Waals surface area contributed by atoms with Crippen molar-refractivity contribution in [2.24, 2.45) is 0 Å². The third kappa shape index (κ3) is 5.50. The van der Waals surface area contributed by atoms with Crippen molar-refractivity contribution >= 4 is 17.1 Å². The van der Waals surface area contributed by atoms with Gasteiger partial charge in [0.25, 0.3) is 0 Å². The van der Waals surface area contributed by atoms with E-state index in [1.165, 1.54) is 77.9 Å². The summed E-state index contributed by atoms with van der Waals surface area (Å²) in [4.78, 5) is 2.47. The second-order valence-electron chi connectivity index (χ2n) is 16.7. The average molecular weight is 802 g/mol. The summed E-state index contributed by atoms with van der Waals surface area (Å²) in [6.07, 6.45) is 0. The van der Waals surface area contributed by atoms with Crippen LogP contribution in [0.3, 0.4) is 0 Å². The smallest absolute Gasteiger partial charge is 0.0720 e. The zero-order chi connectivity index (χ0) is 41.8. The van der Waals surface area contributed by atoms with Crippen molar-refractivity contribution < 1.29 is 0 Å². The highest BCUT2D eigenvalue weighted by molar-refractivity contribution is 5.94. The van der Waals surface area contributed by atoms with Gasteiger partial charge in [0.05, 0.1) is 16.5 Å². The highest BCUT2D eigenvalue weighted by Crippen LogP contribution is 2.65. The van der Waals surface area contributed by atoms with Gasteiger partial charge in [-0.15, -0.1) is 0 Å². The molecule has 0 unspecified atom stereocenters. The fourth-order valence-electron chi connectivity index (χ4n) is 11.1. The molecule has 0 amide bonds. The first kappa shape index (κ1) is 36.8. The maximum absolute atomic E-state index is 2.51. The minimum Gasteiger partial charge on any atom is -0.310 e. The van der Waals surface area contributed by atoms with Gasteiger partial charge >= 0.3 is 0 Å². The van der Waals surface area contributed by atoms with Gasteiger partial charge in [0, 0.05) is 16.9 Å². The van der Waals surface area contributed by atoms with Gasteiger partial charge in [-0.05, 0) is 103 Å². The maximum Gasteiger partial charge on any atom is 0.0720 e. The van der Waals surface area contributed by atoms with Crippen LogP contribution in [0.5, 0.6) is 0 Å². The highest BCUT2D eigenvalue weighted by Gasteiger charge is 2.56. The van der Waals surface area contributed by atoms with Crippen LogP contribution in [0, 0.1) is 0 Å². The predicted octanol–water partition coefficient (Wildman–Crippen LogP) is 15.5. The Labute approximate surface area is 369 Å². The van der Waals surface area contributed by atoms with Crippen molar-refractivity contribution in [1.82, 2.24) is 0 Å². The van der Waals surface area contributed by atoms with Gasteiger partial charge in [-0.25, -0.2) is 0 Å². The Hall–Kier alpha value is -8.00. The van der Waals surface area contributed by atoms with E-state index >= 15 is 0 Å². The number of benzene rings is 10. The van der Waals surface area contributed by atoms with E-state index < -0.39 is 10.8 Å². The van der Waals surface area contributed by atoms with Crippen LogP contribution in [-0.4, -0.2) is 0 Å². The standard InChI is InChI=1S/C62H43N/c1-5-21-44(22-6-1)45-37-39-49(40-38-45)63(60-36-20-14-29-51(60)46-23-7-2-8-24-46)50-41-42-53-52-30-13-15-31-54(52)62(59(53)43-50)57-34-18-16-32-55(57)61(47-25-9-3-10-26-47,48-27-11-4-12-28-48)56-33-17-19-35-58(56)62/h1-43H. The van der Waals surface area contributed by atoms with Gasteiger partial charge in [-0.2, -0.15) is 0 Å². The van der Waals surface area contributed by atoms with Gasteiger partial charge in [-0.1, -0.05) is 231 Å². The van der Waals surface area contributed by atoms with Crippen molar-refractivity contribution in [1.29, 1.82) is 0 Å². The first-order valence-corrected chi connectivity index (χ1v) is 21.9. The van der Waals surface area contributed by atoms with E-state index in [0.717, 1.165) is 17.1 Å². The van der Waals surface area contributed by atoms with Crippen molar-refractivity contribution in [3.63, 3.8) is 0 Å². The number of hydrogen-bond donors (Lipinski definition) is 0. The van der Waals surface area contributed by atoms with Gasteiger partial charge < -0.3 is 4.90 Å². The van der Waals surface area contributed by atoms with Gasteiger partial charge in [0.2, 0.25) is 0 Å². The average Bonchev–Trinajstić information content (AvgIpc) is 3.66. The van der Waals surface area contributed by atoms with Crippen LogP contribution in [0.25, 0.3) is 33.4 Å². The number of para-hydroxylation sites is 1. The van der Waals surface area contributed by atoms with Crippen LogP contribution in [0.4, 0.5) is 17.1 Å². The molecule has 0 saturated carbocycles. The summed E-state index contributed by atoms with van der Waals surface area (Å²) in [6, 6.07) is 96.6. The Morgan fingerprint density at radius 2 is 0.635 bits per heavy atom. The largest absolute Gasteiger partial charge is 0.310 e. The predicted molar refractivity (Wildman–Crippen MR) is 261 cm³/mol. The molecule has 0 radical (unpaired) electrons. The van der Waals surface area contributed by atoms with Gasteiger partial charge in [-0.3, -0.25) is 0 Å². The summed E-state index contributed by atoms with van der Waals surface area (Å²) in [6.45, 7) is 0. The molecule has 2 aliphatic carbocycles. The Bertz CT molecular complexity index is 3170. The fourth-order valence-corrected chi connectivity index (χ4v) is 11.1. The van der Waals surface area contributed by atoms with Crippen LogP contribution in [0.1, 0.15) is 44.5 Å². The first-order valence-electron chi connectivity index (χ1n) is 21.9. The summed E-state index contributed by atoms with van der Waals surface area (Å²) < 4.78 is 0. The molecule has 12 rings (SSSR count). The van der Waals surface area contributed by atoms with Crippen molar-refractivity contribution in [3.05, 3.63) is 305 Å². The molecule has 1 nitrogen and oxygen atoms in total. The Morgan fingerprint density at radius 3 is 1.21 bits per heavy atom. The zero-order valence-corrected chi connectivity index (χ0v) is 34.8. The molecule has 0 bridgehead atoms. The molecule has 0 saturated heterocycles. The molecule has 0 N–H and O–H groups in total. The minimum absolute atomic E-state index is 0.558. The summed E-state index contributed by atoms with van der Waals surface area (Å²) in [5.74, 6) is 0. The number of rotatable bonds is 7. The molecule has 0 aromatic heterocycles. The normalized spacial score (nSPS) is 13.7. The lowest BCUT2D eigenvalue weighted by atomic mass is 9.51. The van der Waals surface area contributed by atoms with E-state index in [0.29, 0.717) is 0 Å². The molecule has 10 aromatic carbocycles. The zero-order valence-electron chi connectivity index (χ0n) is 34.8. The van der Waals surface area contributed by atoms with E-state index in [1.54, 1.807) is 0 Å². The molecule has 0 atom stereocenters. The second-order valence-corrected chi connectivity index (χ2v) is 16.7. The Morgan fingerprint density at radius 1 is 0.238 bits per heavy atom. The molecule has 63 heavy (non-hydrogen) atoms. The molecular formula is C62H43N. The van der Waals surface area contributed by atoms with E-state index in [9.17, 15) is 0 Å². The lowest BCUT2D eigenvalue weighted by Gasteiger charge is -2.50. The number of fused-ring (bicyclic) bond motifs is 9. The van der Waals surface area contributed by atoms with E-state index in [1.807, 2.05) is 0 Å². The fraction of sp³-hybridized carbons (Fsp3) is 0.0323. The van der Waals surface area contributed by atoms with E-state index in [2.05, 4.69) is 266 Å². The topological polar surface area (TPSA) is 3.24 Å². The molecule has 0 heterocycles. The summed E-state index contributed by atoms with van der Waals surface area (Å²) in [7, 11) is 0. The molecule has 2 aliphatic rings. The van der Waals surface area contributed by atoms with Crippen LogP contribution in [0.15, 0.2) is 261 Å².